The smallest absolute Gasteiger partial charge is 0.0890 e. The second-order valence-electron chi connectivity index (χ2n) is 4.25. The van der Waals surface area contributed by atoms with Gasteiger partial charge in [0.1, 0.15) is 0 Å². The van der Waals surface area contributed by atoms with Gasteiger partial charge >= 0.3 is 0 Å². The molecule has 86 valence electrons. The molecule has 0 unspecified atom stereocenters. The number of hydrogen-bond donors (Lipinski definition) is 0. The second kappa shape index (κ2) is 4.92. The minimum absolute atomic E-state index is 0.716. The Morgan fingerprint density at radius 3 is 2.31 bits per heavy atom. The van der Waals surface area contributed by atoms with Gasteiger partial charge in [0.05, 0.1) is 11.4 Å². The Hall–Kier alpha value is -1.64. The second-order valence-corrected chi connectivity index (χ2v) is 4.25. The van der Waals surface area contributed by atoms with Gasteiger partial charge in [-0.05, 0) is 44.0 Å². The number of rotatable bonds is 3. The van der Waals surface area contributed by atoms with Crippen molar-refractivity contribution < 1.29 is 0 Å². The van der Waals surface area contributed by atoms with Gasteiger partial charge in [-0.25, -0.2) is 0 Å². The third kappa shape index (κ3) is 2.92. The summed E-state index contributed by atoms with van der Waals surface area (Å²) < 4.78 is 0. The maximum atomic E-state index is 4.17. The van der Waals surface area contributed by atoms with E-state index < -0.39 is 0 Å². The van der Waals surface area contributed by atoms with Gasteiger partial charge < -0.3 is 4.90 Å². The number of nitrogens with zero attached hydrogens (tertiary/aromatic N) is 3. The molecular weight excluding hydrogens is 198 g/mol. The highest BCUT2D eigenvalue weighted by Crippen LogP contribution is 2.28. The van der Waals surface area contributed by atoms with E-state index in [0.717, 1.165) is 11.3 Å². The van der Waals surface area contributed by atoms with Crippen LogP contribution in [0.2, 0.25) is 0 Å². The van der Waals surface area contributed by atoms with Gasteiger partial charge in [0.2, 0.25) is 0 Å². The monoisotopic (exact) mass is 217 g/mol. The topological polar surface area (TPSA) is 28.0 Å². The molecule has 0 bridgehead atoms. The predicted molar refractivity (Wildman–Crippen MR) is 69.6 cm³/mol. The summed E-state index contributed by atoms with van der Waals surface area (Å²) >= 11 is 0. The molecule has 3 nitrogen and oxygen atoms in total. The fourth-order valence-electron chi connectivity index (χ4n) is 1.51. The molecule has 1 aromatic rings. The largest absolute Gasteiger partial charge is 0.377 e. The third-order valence-corrected chi connectivity index (χ3v) is 2.32. The van der Waals surface area contributed by atoms with Gasteiger partial charge in [-0.15, -0.1) is 0 Å². The molecule has 0 N–H and O–H groups in total. The number of hydrogen-bond acceptors (Lipinski definition) is 3. The van der Waals surface area contributed by atoms with Gasteiger partial charge in [0.15, 0.2) is 0 Å². The van der Waals surface area contributed by atoms with Gasteiger partial charge in [0, 0.05) is 19.8 Å². The summed E-state index contributed by atoms with van der Waals surface area (Å²) in [5, 5.41) is 8.16. The highest BCUT2D eigenvalue weighted by atomic mass is 15.1. The first-order valence-electron chi connectivity index (χ1n) is 5.27. The van der Waals surface area contributed by atoms with Crippen molar-refractivity contribution in [1.29, 1.82) is 0 Å². The minimum Gasteiger partial charge on any atom is -0.377 e. The normalized spacial score (nSPS) is 10.8. The summed E-state index contributed by atoms with van der Waals surface area (Å²) in [6, 6.07) is 4.18. The van der Waals surface area contributed by atoms with E-state index in [0.29, 0.717) is 5.70 Å². The molecule has 0 saturated heterocycles. The van der Waals surface area contributed by atoms with Crippen molar-refractivity contribution in [3.63, 3.8) is 0 Å². The number of azo groups is 1. The van der Waals surface area contributed by atoms with Crippen LogP contribution in [0.15, 0.2) is 34.6 Å². The fraction of sp³-hybridized carbons (Fsp3) is 0.385. The molecule has 0 saturated carbocycles. The zero-order chi connectivity index (χ0) is 12.3. The fourth-order valence-corrected chi connectivity index (χ4v) is 1.51. The van der Waals surface area contributed by atoms with Crippen LogP contribution in [0.5, 0.6) is 0 Å². The Bertz CT molecular complexity index is 431. The summed E-state index contributed by atoms with van der Waals surface area (Å²) in [6.07, 6.45) is 0. The van der Waals surface area contributed by atoms with E-state index in [-0.39, 0.29) is 0 Å². The van der Waals surface area contributed by atoms with Crippen LogP contribution in [-0.4, -0.2) is 14.1 Å². The first kappa shape index (κ1) is 12.4. The van der Waals surface area contributed by atoms with Crippen LogP contribution in [0.25, 0.3) is 0 Å². The van der Waals surface area contributed by atoms with Crippen molar-refractivity contribution in [3.8, 4) is 0 Å². The standard InChI is InChI=1S/C13H19N3/c1-9(2)14-15-12-7-11(4)13(16(5)6)8-10(12)3/h7-8H,1H2,2-6H3. The molecule has 0 radical (unpaired) electrons. The zero-order valence-corrected chi connectivity index (χ0v) is 10.7. The molecule has 0 heterocycles. The molecule has 0 amide bonds. The van der Waals surface area contributed by atoms with Gasteiger partial charge in [-0.1, -0.05) is 6.58 Å². The van der Waals surface area contributed by atoms with E-state index in [1.54, 1.807) is 0 Å². The van der Waals surface area contributed by atoms with Gasteiger partial charge in [-0.2, -0.15) is 10.2 Å². The lowest BCUT2D eigenvalue weighted by atomic mass is 10.1. The van der Waals surface area contributed by atoms with Crippen LogP contribution < -0.4 is 4.90 Å². The first-order valence-corrected chi connectivity index (χ1v) is 5.27. The minimum atomic E-state index is 0.716. The molecule has 0 spiro atoms. The van der Waals surface area contributed by atoms with Gasteiger partial charge in [0.25, 0.3) is 0 Å². The third-order valence-electron chi connectivity index (χ3n) is 2.32. The summed E-state index contributed by atoms with van der Waals surface area (Å²) in [4.78, 5) is 2.10. The Morgan fingerprint density at radius 2 is 1.81 bits per heavy atom. The average Bonchev–Trinajstić information content (AvgIpc) is 2.18. The number of anilines is 1. The predicted octanol–water partition coefficient (Wildman–Crippen LogP) is 3.99. The molecule has 0 aliphatic heterocycles. The Kier molecular flexibility index (Phi) is 3.82. The molecule has 16 heavy (non-hydrogen) atoms. The Balaban J connectivity index is 3.15. The molecule has 0 aromatic heterocycles. The quantitative estimate of drug-likeness (QED) is 0.703. The van der Waals surface area contributed by atoms with Crippen LogP contribution in [-0.2, 0) is 0 Å². The van der Waals surface area contributed by atoms with Crippen LogP contribution in [0.4, 0.5) is 11.4 Å². The SMILES string of the molecule is C=C(C)N=Nc1cc(C)c(N(C)C)cc1C. The van der Waals surface area contributed by atoms with E-state index in [1.165, 1.54) is 11.3 Å². The lowest BCUT2D eigenvalue weighted by Crippen LogP contribution is -2.10. The van der Waals surface area contributed by atoms with Crippen molar-refractivity contribution in [2.45, 2.75) is 20.8 Å². The van der Waals surface area contributed by atoms with E-state index in [2.05, 4.69) is 40.8 Å². The maximum absolute atomic E-state index is 4.17. The maximum Gasteiger partial charge on any atom is 0.0890 e. The van der Waals surface area contributed by atoms with Crippen LogP contribution in [0.1, 0.15) is 18.1 Å². The van der Waals surface area contributed by atoms with Crippen LogP contribution in [0.3, 0.4) is 0 Å². The molecule has 0 aliphatic rings. The van der Waals surface area contributed by atoms with E-state index in [1.807, 2.05) is 27.9 Å². The summed E-state index contributed by atoms with van der Waals surface area (Å²) in [6.45, 7) is 9.65. The molecule has 0 aliphatic carbocycles. The summed E-state index contributed by atoms with van der Waals surface area (Å²) in [5.41, 5.74) is 5.16. The van der Waals surface area contributed by atoms with Crippen LogP contribution >= 0.6 is 0 Å². The van der Waals surface area contributed by atoms with E-state index >= 15 is 0 Å². The highest BCUT2D eigenvalue weighted by Gasteiger charge is 2.05. The Labute approximate surface area is 97.5 Å². The lowest BCUT2D eigenvalue weighted by molar-refractivity contribution is 1.09. The van der Waals surface area contributed by atoms with Gasteiger partial charge in [-0.3, -0.25) is 0 Å². The summed E-state index contributed by atoms with van der Waals surface area (Å²) in [7, 11) is 4.08. The van der Waals surface area contributed by atoms with Crippen molar-refractivity contribution >= 4 is 11.4 Å². The van der Waals surface area contributed by atoms with Crippen molar-refractivity contribution in [2.75, 3.05) is 19.0 Å². The van der Waals surface area contributed by atoms with E-state index in [4.69, 9.17) is 0 Å². The molecule has 0 fully saturated rings. The van der Waals surface area contributed by atoms with Crippen molar-refractivity contribution in [3.05, 3.63) is 35.5 Å². The molecule has 1 aromatic carbocycles. The average molecular weight is 217 g/mol. The summed E-state index contributed by atoms with van der Waals surface area (Å²) in [5.74, 6) is 0. The Morgan fingerprint density at radius 1 is 1.19 bits per heavy atom. The number of allylic oxidation sites excluding steroid dienone is 1. The van der Waals surface area contributed by atoms with Crippen molar-refractivity contribution in [1.82, 2.24) is 0 Å². The molecule has 0 atom stereocenters. The van der Waals surface area contributed by atoms with Crippen molar-refractivity contribution in [2.24, 2.45) is 10.2 Å². The first-order chi connectivity index (χ1) is 7.41. The van der Waals surface area contributed by atoms with E-state index in [9.17, 15) is 0 Å². The molecule has 3 heteroatoms. The molecular formula is C13H19N3. The van der Waals surface area contributed by atoms with Crippen LogP contribution in [0, 0.1) is 13.8 Å². The number of aryl methyl sites for hydroxylation is 2. The highest BCUT2D eigenvalue weighted by molar-refractivity contribution is 5.61. The lowest BCUT2D eigenvalue weighted by Gasteiger charge is -2.17. The zero-order valence-electron chi connectivity index (χ0n) is 10.7. The number of benzene rings is 1. The molecule has 1 rings (SSSR count).